The molecule has 0 radical (unpaired) electrons. The number of amides is 4. The predicted molar refractivity (Wildman–Crippen MR) is 111 cm³/mol. The number of nitrogens with one attached hydrogen (secondary N) is 2. The third-order valence-corrected chi connectivity index (χ3v) is 6.38. The van der Waals surface area contributed by atoms with Crippen LogP contribution in [0, 0.1) is 0 Å². The molecule has 0 saturated carbocycles. The minimum atomic E-state index is -1.18. The molecule has 2 aliphatic heterocycles. The van der Waals surface area contributed by atoms with Gasteiger partial charge in [-0.3, -0.25) is 24.1 Å². The molecular formula is C19H30N4O6S. The van der Waals surface area contributed by atoms with E-state index in [1.54, 1.807) is 0 Å². The third kappa shape index (κ3) is 7.28. The van der Waals surface area contributed by atoms with Crippen molar-refractivity contribution >= 4 is 41.4 Å². The van der Waals surface area contributed by atoms with Gasteiger partial charge in [0.1, 0.15) is 6.04 Å². The molecule has 0 aromatic rings. The van der Waals surface area contributed by atoms with Crippen LogP contribution in [0.15, 0.2) is 0 Å². The lowest BCUT2D eigenvalue weighted by Gasteiger charge is -2.27. The van der Waals surface area contributed by atoms with E-state index >= 15 is 0 Å². The van der Waals surface area contributed by atoms with Crippen LogP contribution in [0.3, 0.4) is 0 Å². The van der Waals surface area contributed by atoms with Crippen molar-refractivity contribution in [1.29, 1.82) is 0 Å². The van der Waals surface area contributed by atoms with E-state index in [4.69, 9.17) is 5.11 Å². The molecule has 10 nitrogen and oxygen atoms in total. The van der Waals surface area contributed by atoms with Gasteiger partial charge >= 0.3 is 5.97 Å². The molecule has 0 aromatic carbocycles. The number of hydrogen-bond acceptors (Lipinski definition) is 7. The molecular weight excluding hydrogens is 412 g/mol. The molecule has 3 N–H and O–H groups in total. The minimum Gasteiger partial charge on any atom is -0.480 e. The summed E-state index contributed by atoms with van der Waals surface area (Å²) in [6.07, 6.45) is 2.61. The van der Waals surface area contributed by atoms with E-state index in [1.165, 1.54) is 11.8 Å². The molecule has 2 aliphatic rings. The number of thioether (sulfide) groups is 1. The summed E-state index contributed by atoms with van der Waals surface area (Å²) in [6, 6.07) is -1.10. The van der Waals surface area contributed by atoms with Gasteiger partial charge in [0.2, 0.25) is 23.6 Å². The Hall–Kier alpha value is -2.14. The first kappa shape index (κ1) is 24.1. The molecule has 4 amide bonds. The topological polar surface area (TPSA) is 136 Å². The number of rotatable bonds is 11. The van der Waals surface area contributed by atoms with Gasteiger partial charge in [0.05, 0.1) is 5.25 Å². The van der Waals surface area contributed by atoms with Crippen LogP contribution in [0.2, 0.25) is 0 Å². The zero-order chi connectivity index (χ0) is 22.1. The van der Waals surface area contributed by atoms with E-state index in [0.717, 1.165) is 44.4 Å². The molecule has 0 spiro atoms. The Bertz CT molecular complexity index is 667. The fourth-order valence-electron chi connectivity index (χ4n) is 3.45. The lowest BCUT2D eigenvalue weighted by atomic mass is 10.1. The highest BCUT2D eigenvalue weighted by Crippen LogP contribution is 2.26. The maximum absolute atomic E-state index is 12.5. The Morgan fingerprint density at radius 1 is 1.20 bits per heavy atom. The Balaban J connectivity index is 1.68. The number of imide groups is 1. The summed E-state index contributed by atoms with van der Waals surface area (Å²) in [6.45, 7) is 4.65. The van der Waals surface area contributed by atoms with Gasteiger partial charge in [0.15, 0.2) is 0 Å². The van der Waals surface area contributed by atoms with Crippen molar-refractivity contribution in [3.63, 3.8) is 0 Å². The number of carboxylic acid groups (broad SMARTS) is 1. The molecule has 168 valence electrons. The molecule has 0 aliphatic carbocycles. The smallest absolute Gasteiger partial charge is 0.327 e. The largest absolute Gasteiger partial charge is 0.480 e. The number of carboxylic acids is 1. The number of hydrogen-bond donors (Lipinski definition) is 3. The summed E-state index contributed by atoms with van der Waals surface area (Å²) >= 11 is 1.08. The Kier molecular flexibility index (Phi) is 9.57. The van der Waals surface area contributed by atoms with E-state index in [1.807, 2.05) is 4.90 Å². The second kappa shape index (κ2) is 11.9. The molecule has 2 saturated heterocycles. The first-order valence-corrected chi connectivity index (χ1v) is 11.3. The zero-order valence-electron chi connectivity index (χ0n) is 17.2. The molecule has 2 atom stereocenters. The molecule has 30 heavy (non-hydrogen) atoms. The molecule has 2 rings (SSSR count). The van der Waals surface area contributed by atoms with E-state index in [-0.39, 0.29) is 29.9 Å². The van der Waals surface area contributed by atoms with Gasteiger partial charge in [-0.1, -0.05) is 6.42 Å². The van der Waals surface area contributed by atoms with Crippen LogP contribution in [0.25, 0.3) is 0 Å². The number of likely N-dealkylation sites (tertiary alicyclic amines) is 1. The first-order valence-electron chi connectivity index (χ1n) is 10.2. The highest BCUT2D eigenvalue weighted by molar-refractivity contribution is 8.00. The molecule has 11 heteroatoms. The lowest BCUT2D eigenvalue weighted by Crippen LogP contribution is -2.46. The summed E-state index contributed by atoms with van der Waals surface area (Å²) in [4.78, 5) is 62.1. The fourth-order valence-corrected chi connectivity index (χ4v) is 4.63. The molecule has 2 fully saturated rings. The summed E-state index contributed by atoms with van der Waals surface area (Å²) in [5, 5.41) is 14.0. The standard InChI is InChI=1S/C19H30N4O6S/c1-13(24)21-14(19(28)29)12-30-15-11-17(26)23(18(15)27)8-4-2-3-5-16(25)22-9-6-20-7-10-22/h14-15,20H,2-12H2,1H3,(H,21,24)(H,28,29)/t14-,15?/m0/s1. The quantitative estimate of drug-likeness (QED) is 0.286. The minimum absolute atomic E-state index is 0.0145. The number of nitrogens with zero attached hydrogens (tertiary/aromatic N) is 2. The van der Waals surface area contributed by atoms with Crippen LogP contribution in [-0.2, 0) is 24.0 Å². The third-order valence-electron chi connectivity index (χ3n) is 5.08. The van der Waals surface area contributed by atoms with Crippen molar-refractivity contribution in [3.8, 4) is 0 Å². The molecule has 1 unspecified atom stereocenters. The Morgan fingerprint density at radius 2 is 1.90 bits per heavy atom. The van der Waals surface area contributed by atoms with Gasteiger partial charge in [-0.15, -0.1) is 11.8 Å². The van der Waals surface area contributed by atoms with E-state index in [0.29, 0.717) is 25.8 Å². The van der Waals surface area contributed by atoms with Crippen molar-refractivity contribution in [1.82, 2.24) is 20.4 Å². The summed E-state index contributed by atoms with van der Waals surface area (Å²) in [5.74, 6) is -2.06. The van der Waals surface area contributed by atoms with Gasteiger partial charge in [-0.05, 0) is 12.8 Å². The van der Waals surface area contributed by atoms with Crippen LogP contribution in [0.1, 0.15) is 39.0 Å². The van der Waals surface area contributed by atoms with Crippen molar-refractivity contribution in [3.05, 3.63) is 0 Å². The maximum atomic E-state index is 12.5. The summed E-state index contributed by atoms with van der Waals surface area (Å²) in [5.41, 5.74) is 0. The van der Waals surface area contributed by atoms with Crippen LogP contribution in [0.4, 0.5) is 0 Å². The summed E-state index contributed by atoms with van der Waals surface area (Å²) in [7, 11) is 0. The second-order valence-corrected chi connectivity index (χ2v) is 8.68. The monoisotopic (exact) mass is 442 g/mol. The summed E-state index contributed by atoms with van der Waals surface area (Å²) < 4.78 is 0. The van der Waals surface area contributed by atoms with Crippen molar-refractivity contribution < 1.29 is 29.1 Å². The highest BCUT2D eigenvalue weighted by Gasteiger charge is 2.39. The van der Waals surface area contributed by atoms with Crippen LogP contribution < -0.4 is 10.6 Å². The van der Waals surface area contributed by atoms with Crippen LogP contribution >= 0.6 is 11.8 Å². The van der Waals surface area contributed by atoms with Crippen LogP contribution in [-0.4, -0.2) is 94.3 Å². The van der Waals surface area contributed by atoms with Gasteiger partial charge in [-0.25, -0.2) is 4.79 Å². The Labute approximate surface area is 180 Å². The van der Waals surface area contributed by atoms with Gasteiger partial charge < -0.3 is 20.6 Å². The van der Waals surface area contributed by atoms with E-state index < -0.39 is 23.2 Å². The van der Waals surface area contributed by atoms with Gasteiger partial charge in [0, 0.05) is 58.2 Å². The number of carbonyl (C=O) groups is 5. The SMILES string of the molecule is CC(=O)N[C@@H](CSC1CC(=O)N(CCCCCC(=O)N2CCNCC2)C1=O)C(=O)O. The van der Waals surface area contributed by atoms with Crippen LogP contribution in [0.5, 0.6) is 0 Å². The average molecular weight is 443 g/mol. The molecule has 0 bridgehead atoms. The predicted octanol–water partition coefficient (Wildman–Crippen LogP) is -0.571. The van der Waals surface area contributed by atoms with Gasteiger partial charge in [-0.2, -0.15) is 0 Å². The Morgan fingerprint density at radius 3 is 2.53 bits per heavy atom. The number of unbranched alkanes of at least 4 members (excludes halogenated alkanes) is 2. The number of piperazine rings is 1. The zero-order valence-corrected chi connectivity index (χ0v) is 18.0. The van der Waals surface area contributed by atoms with Crippen molar-refractivity contribution in [2.75, 3.05) is 38.5 Å². The second-order valence-electron chi connectivity index (χ2n) is 7.44. The van der Waals surface area contributed by atoms with Crippen molar-refractivity contribution in [2.24, 2.45) is 0 Å². The van der Waals surface area contributed by atoms with Crippen molar-refractivity contribution in [2.45, 2.75) is 50.3 Å². The fraction of sp³-hybridized carbons (Fsp3) is 0.737. The molecule has 0 aromatic heterocycles. The lowest BCUT2D eigenvalue weighted by molar-refractivity contribution is -0.141. The maximum Gasteiger partial charge on any atom is 0.327 e. The highest BCUT2D eigenvalue weighted by atomic mass is 32.2. The number of aliphatic carboxylic acids is 1. The normalized spacial score (nSPS) is 20.4. The van der Waals surface area contributed by atoms with E-state index in [9.17, 15) is 24.0 Å². The van der Waals surface area contributed by atoms with Gasteiger partial charge in [0.25, 0.3) is 0 Å². The number of carbonyl (C=O) groups excluding carboxylic acids is 4. The van der Waals surface area contributed by atoms with E-state index in [2.05, 4.69) is 10.6 Å². The average Bonchev–Trinajstić information content (AvgIpc) is 2.98. The first-order chi connectivity index (χ1) is 14.3. The molecule has 2 heterocycles.